The molecule has 0 bridgehead atoms. The lowest BCUT2D eigenvalue weighted by Crippen LogP contribution is -2.42. The van der Waals surface area contributed by atoms with E-state index in [1.54, 1.807) is 47.4 Å². The summed E-state index contributed by atoms with van der Waals surface area (Å²) >= 11 is 6.30. The van der Waals surface area contributed by atoms with Crippen molar-refractivity contribution in [3.05, 3.63) is 110 Å². The van der Waals surface area contributed by atoms with Crippen LogP contribution in [0.25, 0.3) is 22.1 Å². The van der Waals surface area contributed by atoms with Crippen LogP contribution in [0.3, 0.4) is 0 Å². The van der Waals surface area contributed by atoms with Crippen molar-refractivity contribution in [2.75, 3.05) is 13.1 Å². The van der Waals surface area contributed by atoms with Crippen LogP contribution >= 0.6 is 11.6 Å². The first-order valence-corrected chi connectivity index (χ1v) is 14.0. The lowest BCUT2D eigenvalue weighted by molar-refractivity contribution is 0.0602. The smallest absolute Gasteiger partial charge is 0.297 e. The number of nitrogens with two attached hydrogens (primary N) is 1. The van der Waals surface area contributed by atoms with Gasteiger partial charge in [-0.1, -0.05) is 55.3 Å². The minimum atomic E-state index is -0.606. The number of benzene rings is 3. The highest BCUT2D eigenvalue weighted by atomic mass is 35.5. The van der Waals surface area contributed by atoms with E-state index in [0.29, 0.717) is 58.0 Å². The quantitative estimate of drug-likeness (QED) is 0.217. The average molecular weight is 575 g/mol. The molecule has 0 aliphatic carbocycles. The molecule has 1 atom stereocenters. The van der Waals surface area contributed by atoms with Gasteiger partial charge in [0.2, 0.25) is 5.58 Å². The minimum Gasteiger partial charge on any atom is -0.448 e. The third-order valence-electron chi connectivity index (χ3n) is 7.19. The fourth-order valence-electron chi connectivity index (χ4n) is 5.20. The summed E-state index contributed by atoms with van der Waals surface area (Å²) in [7, 11) is 0. The number of furan rings is 1. The predicted octanol–water partition coefficient (Wildman–Crippen LogP) is 6.48. The Balaban J connectivity index is 1.77. The van der Waals surface area contributed by atoms with Gasteiger partial charge in [0.25, 0.3) is 11.5 Å². The molecule has 7 nitrogen and oxygen atoms in total. The summed E-state index contributed by atoms with van der Waals surface area (Å²) in [4.78, 5) is 34.9. The van der Waals surface area contributed by atoms with Crippen molar-refractivity contribution in [1.82, 2.24) is 14.5 Å². The Morgan fingerprint density at radius 1 is 1.12 bits per heavy atom. The van der Waals surface area contributed by atoms with Crippen LogP contribution in [0.15, 0.2) is 75.9 Å². The summed E-state index contributed by atoms with van der Waals surface area (Å²) in [5.74, 6) is -0.373. The van der Waals surface area contributed by atoms with Gasteiger partial charge in [-0.2, -0.15) is 0 Å². The number of rotatable bonds is 9. The third-order valence-corrected chi connectivity index (χ3v) is 7.43. The molecular weight excluding hydrogens is 543 g/mol. The second-order valence-electron chi connectivity index (χ2n) is 10.6. The Hall–Kier alpha value is -4.01. The summed E-state index contributed by atoms with van der Waals surface area (Å²) in [6.45, 7) is 6.71. The highest BCUT2D eigenvalue weighted by Crippen LogP contribution is 2.33. The first-order chi connectivity index (χ1) is 19.7. The van der Waals surface area contributed by atoms with Gasteiger partial charge in [-0.05, 0) is 73.8 Å². The predicted molar refractivity (Wildman–Crippen MR) is 160 cm³/mol. The molecule has 0 radical (unpaired) electrons. The van der Waals surface area contributed by atoms with Gasteiger partial charge in [-0.15, -0.1) is 0 Å². The van der Waals surface area contributed by atoms with Crippen molar-refractivity contribution in [2.45, 2.75) is 39.8 Å². The molecule has 5 aromatic rings. The van der Waals surface area contributed by atoms with Crippen molar-refractivity contribution >= 4 is 39.6 Å². The van der Waals surface area contributed by atoms with Crippen LogP contribution in [0.2, 0.25) is 5.02 Å². The topological polar surface area (TPSA) is 94.4 Å². The molecule has 0 saturated heterocycles. The maximum Gasteiger partial charge on any atom is 0.297 e. The monoisotopic (exact) mass is 574 g/mol. The molecule has 0 spiro atoms. The van der Waals surface area contributed by atoms with Gasteiger partial charge in [0, 0.05) is 22.5 Å². The van der Waals surface area contributed by atoms with Crippen LogP contribution in [0, 0.1) is 18.7 Å². The fourth-order valence-corrected chi connectivity index (χ4v) is 5.37. The second-order valence-corrected chi connectivity index (χ2v) is 11.0. The van der Waals surface area contributed by atoms with E-state index in [2.05, 4.69) is 0 Å². The number of nitrogens with zero attached hydrogens (tertiary/aromatic N) is 3. The van der Waals surface area contributed by atoms with Gasteiger partial charge in [-0.3, -0.25) is 14.2 Å². The summed E-state index contributed by atoms with van der Waals surface area (Å²) in [6.07, 6.45) is 0.557. The van der Waals surface area contributed by atoms with E-state index in [1.165, 1.54) is 16.7 Å². The van der Waals surface area contributed by atoms with Crippen LogP contribution in [0.4, 0.5) is 4.39 Å². The van der Waals surface area contributed by atoms with Gasteiger partial charge in [0.15, 0.2) is 0 Å². The highest BCUT2D eigenvalue weighted by molar-refractivity contribution is 6.31. The number of hydrogen-bond acceptors (Lipinski definition) is 5. The molecule has 212 valence electrons. The fraction of sp³-hybridized carbons (Fsp3) is 0.281. The van der Waals surface area contributed by atoms with Gasteiger partial charge in [-0.25, -0.2) is 9.37 Å². The van der Waals surface area contributed by atoms with Gasteiger partial charge < -0.3 is 15.1 Å². The summed E-state index contributed by atoms with van der Waals surface area (Å²) in [5.41, 5.74) is 8.52. The molecule has 9 heteroatoms. The lowest BCUT2D eigenvalue weighted by atomic mass is 9.98. The van der Waals surface area contributed by atoms with Crippen molar-refractivity contribution < 1.29 is 13.6 Å². The number of fused-ring (bicyclic) bond motifs is 3. The zero-order valence-corrected chi connectivity index (χ0v) is 24.0. The van der Waals surface area contributed by atoms with Crippen molar-refractivity contribution in [1.29, 1.82) is 0 Å². The van der Waals surface area contributed by atoms with Crippen LogP contribution in [0.1, 0.15) is 53.6 Å². The summed E-state index contributed by atoms with van der Waals surface area (Å²) in [6, 6.07) is 17.9. The number of hydrogen-bond donors (Lipinski definition) is 1. The van der Waals surface area contributed by atoms with Gasteiger partial charge in [0.1, 0.15) is 22.7 Å². The Morgan fingerprint density at radius 2 is 1.88 bits per heavy atom. The van der Waals surface area contributed by atoms with E-state index < -0.39 is 17.4 Å². The van der Waals surface area contributed by atoms with Crippen molar-refractivity contribution in [3.8, 4) is 0 Å². The third kappa shape index (κ3) is 5.76. The number of halogens is 2. The molecule has 2 aromatic heterocycles. The minimum absolute atomic E-state index is 0.0410. The van der Waals surface area contributed by atoms with Crippen LogP contribution in [-0.4, -0.2) is 33.4 Å². The molecule has 2 N–H and O–H groups in total. The van der Waals surface area contributed by atoms with E-state index >= 15 is 0 Å². The number of carbonyl (C=O) groups excluding carboxylic acids is 1. The Morgan fingerprint density at radius 3 is 2.56 bits per heavy atom. The Bertz CT molecular complexity index is 1780. The summed E-state index contributed by atoms with van der Waals surface area (Å²) < 4.78 is 21.6. The molecule has 1 amide bonds. The van der Waals surface area contributed by atoms with E-state index in [4.69, 9.17) is 26.7 Å². The van der Waals surface area contributed by atoms with E-state index in [9.17, 15) is 14.0 Å². The average Bonchev–Trinajstić information content (AvgIpc) is 3.30. The normalized spacial score (nSPS) is 12.4. The Kier molecular flexibility index (Phi) is 8.24. The SMILES string of the molecule is Cc1ccc(C(=O)N(CCCN)C(c2nc3c(oc4ccc(Cl)cc43)c(=O)n2Cc2cccc(F)c2)C(C)C)cc1. The van der Waals surface area contributed by atoms with Crippen molar-refractivity contribution in [2.24, 2.45) is 11.7 Å². The Labute approximate surface area is 242 Å². The van der Waals surface area contributed by atoms with E-state index in [0.717, 1.165) is 5.56 Å². The highest BCUT2D eigenvalue weighted by Gasteiger charge is 2.33. The molecule has 3 aromatic carbocycles. The molecule has 5 rings (SSSR count). The molecule has 1 unspecified atom stereocenters. The number of aryl methyl sites for hydroxylation is 1. The second kappa shape index (κ2) is 11.8. The van der Waals surface area contributed by atoms with E-state index in [1.807, 2.05) is 32.9 Å². The molecule has 2 heterocycles. The molecule has 0 fully saturated rings. The molecule has 41 heavy (non-hydrogen) atoms. The summed E-state index contributed by atoms with van der Waals surface area (Å²) in [5, 5.41) is 1.08. The van der Waals surface area contributed by atoms with E-state index in [-0.39, 0.29) is 24.0 Å². The number of amides is 1. The molecule has 0 saturated carbocycles. The van der Waals surface area contributed by atoms with Crippen LogP contribution in [0.5, 0.6) is 0 Å². The zero-order chi connectivity index (χ0) is 29.3. The zero-order valence-electron chi connectivity index (χ0n) is 23.2. The molecule has 0 aliphatic heterocycles. The van der Waals surface area contributed by atoms with Crippen molar-refractivity contribution in [3.63, 3.8) is 0 Å². The first-order valence-electron chi connectivity index (χ1n) is 13.6. The molecular formula is C32H32ClFN4O3. The maximum absolute atomic E-state index is 14.2. The molecule has 0 aliphatic rings. The van der Waals surface area contributed by atoms with Gasteiger partial charge >= 0.3 is 0 Å². The standard InChI is InChI=1S/C32H32ClFN4O3/c1-19(2)28(37(15-5-14-35)31(39)22-10-8-20(3)9-11-22)30-36-27-25-17-23(33)12-13-26(25)41-29(27)32(40)38(30)18-21-6-4-7-24(34)16-21/h4,6-13,16-17,19,28H,5,14-15,18,35H2,1-3H3. The lowest BCUT2D eigenvalue weighted by Gasteiger charge is -2.35. The largest absolute Gasteiger partial charge is 0.448 e. The van der Waals surface area contributed by atoms with Gasteiger partial charge in [0.05, 0.1) is 12.6 Å². The first kappa shape index (κ1) is 28.5. The van der Waals surface area contributed by atoms with Crippen LogP contribution < -0.4 is 11.3 Å². The number of aromatic nitrogens is 2. The van der Waals surface area contributed by atoms with Crippen LogP contribution in [-0.2, 0) is 6.54 Å². The maximum atomic E-state index is 14.2. The number of carbonyl (C=O) groups is 1.